The summed E-state index contributed by atoms with van der Waals surface area (Å²) in [7, 11) is 1.30. The summed E-state index contributed by atoms with van der Waals surface area (Å²) in [6.07, 6.45) is -2.65. The van der Waals surface area contributed by atoms with Gasteiger partial charge in [0, 0.05) is 17.5 Å². The topological polar surface area (TPSA) is 39.7 Å². The number of rotatable bonds is 4. The summed E-state index contributed by atoms with van der Waals surface area (Å²) in [4.78, 5) is 0. The number of methoxy groups -OCH3 is 1. The third-order valence-electron chi connectivity index (χ3n) is 5.87. The Labute approximate surface area is 172 Å². The van der Waals surface area contributed by atoms with Gasteiger partial charge in [-0.2, -0.15) is 0 Å². The first kappa shape index (κ1) is 20.9. The molecule has 2 aromatic rings. The zero-order valence-corrected chi connectivity index (χ0v) is 16.5. The summed E-state index contributed by atoms with van der Waals surface area (Å²) >= 11 is 0. The molecule has 0 amide bonds. The summed E-state index contributed by atoms with van der Waals surface area (Å²) < 4.78 is 68.0. The SMILES string of the molecule is COc1c(F)cc(OC(F)(F)F)cc1[C@@H]1CO[C@]2(CCCN[C@H]2c2ccccc2)C1. The van der Waals surface area contributed by atoms with Crippen molar-refractivity contribution in [3.8, 4) is 11.5 Å². The first-order valence-electron chi connectivity index (χ1n) is 9.87. The molecule has 2 fully saturated rings. The van der Waals surface area contributed by atoms with Crippen LogP contribution in [0.15, 0.2) is 42.5 Å². The van der Waals surface area contributed by atoms with Crippen LogP contribution in [0.3, 0.4) is 0 Å². The van der Waals surface area contributed by atoms with Gasteiger partial charge in [0.25, 0.3) is 0 Å². The first-order valence-corrected chi connectivity index (χ1v) is 9.87. The molecule has 8 heteroatoms. The Hall–Kier alpha value is -2.32. The van der Waals surface area contributed by atoms with E-state index in [0.717, 1.165) is 24.9 Å². The zero-order chi connectivity index (χ0) is 21.4. The Morgan fingerprint density at radius 2 is 1.93 bits per heavy atom. The minimum absolute atomic E-state index is 0.0529. The van der Waals surface area contributed by atoms with Gasteiger partial charge < -0.3 is 19.5 Å². The van der Waals surface area contributed by atoms with E-state index in [-0.39, 0.29) is 24.3 Å². The minimum atomic E-state index is -4.91. The van der Waals surface area contributed by atoms with E-state index in [1.54, 1.807) is 0 Å². The van der Waals surface area contributed by atoms with Crippen LogP contribution in [0, 0.1) is 5.82 Å². The maximum absolute atomic E-state index is 14.5. The van der Waals surface area contributed by atoms with E-state index in [9.17, 15) is 17.6 Å². The molecule has 1 spiro atoms. The molecule has 0 radical (unpaired) electrons. The minimum Gasteiger partial charge on any atom is -0.493 e. The number of nitrogens with one attached hydrogen (secondary N) is 1. The smallest absolute Gasteiger partial charge is 0.493 e. The Kier molecular flexibility index (Phi) is 5.63. The molecule has 1 N–H and O–H groups in total. The summed E-state index contributed by atoms with van der Waals surface area (Å²) in [5.41, 5.74) is 0.892. The number of hydrogen-bond acceptors (Lipinski definition) is 4. The van der Waals surface area contributed by atoms with Gasteiger partial charge in [-0.15, -0.1) is 13.2 Å². The van der Waals surface area contributed by atoms with Crippen LogP contribution in [-0.4, -0.2) is 32.2 Å². The Bertz CT molecular complexity index is 890. The number of piperidine rings is 1. The van der Waals surface area contributed by atoms with Crippen molar-refractivity contribution in [1.29, 1.82) is 0 Å². The van der Waals surface area contributed by atoms with Gasteiger partial charge in [-0.25, -0.2) is 4.39 Å². The van der Waals surface area contributed by atoms with Crippen molar-refractivity contribution in [2.24, 2.45) is 0 Å². The molecule has 0 bridgehead atoms. The van der Waals surface area contributed by atoms with Gasteiger partial charge in [-0.1, -0.05) is 30.3 Å². The van der Waals surface area contributed by atoms with Crippen LogP contribution in [0.25, 0.3) is 0 Å². The van der Waals surface area contributed by atoms with Crippen LogP contribution in [0.5, 0.6) is 11.5 Å². The molecular weight excluding hydrogens is 402 g/mol. The second-order valence-corrected chi connectivity index (χ2v) is 7.75. The third kappa shape index (κ3) is 4.11. The number of halogens is 4. The molecular formula is C22H23F4NO3. The summed E-state index contributed by atoms with van der Waals surface area (Å²) in [5.74, 6) is -1.89. The number of alkyl halides is 3. The van der Waals surface area contributed by atoms with Gasteiger partial charge in [-0.05, 0) is 37.4 Å². The normalized spacial score (nSPS) is 26.7. The van der Waals surface area contributed by atoms with Crippen molar-refractivity contribution < 1.29 is 31.8 Å². The lowest BCUT2D eigenvalue weighted by molar-refractivity contribution is -0.274. The van der Waals surface area contributed by atoms with Crippen molar-refractivity contribution in [1.82, 2.24) is 5.32 Å². The summed E-state index contributed by atoms with van der Waals surface area (Å²) in [6, 6.07) is 11.8. The highest BCUT2D eigenvalue weighted by Gasteiger charge is 2.49. The molecule has 162 valence electrons. The quantitative estimate of drug-likeness (QED) is 0.692. The molecule has 2 aliphatic heterocycles. The van der Waals surface area contributed by atoms with E-state index in [1.165, 1.54) is 13.2 Å². The molecule has 30 heavy (non-hydrogen) atoms. The van der Waals surface area contributed by atoms with Crippen molar-refractivity contribution >= 4 is 0 Å². The predicted octanol–water partition coefficient (Wildman–Crippen LogP) is 5.10. The van der Waals surface area contributed by atoms with E-state index in [4.69, 9.17) is 9.47 Å². The highest BCUT2D eigenvalue weighted by molar-refractivity contribution is 5.45. The molecule has 0 saturated carbocycles. The molecule has 4 nitrogen and oxygen atoms in total. The van der Waals surface area contributed by atoms with Crippen molar-refractivity contribution in [3.05, 3.63) is 59.4 Å². The molecule has 2 heterocycles. The van der Waals surface area contributed by atoms with E-state index in [1.807, 2.05) is 30.3 Å². The molecule has 2 saturated heterocycles. The molecule has 0 unspecified atom stereocenters. The second-order valence-electron chi connectivity index (χ2n) is 7.75. The Morgan fingerprint density at radius 3 is 2.63 bits per heavy atom. The van der Waals surface area contributed by atoms with Gasteiger partial charge >= 0.3 is 6.36 Å². The lowest BCUT2D eigenvalue weighted by Gasteiger charge is -2.41. The number of ether oxygens (including phenoxy) is 3. The van der Waals surface area contributed by atoms with Gasteiger partial charge in [0.05, 0.1) is 25.4 Å². The van der Waals surface area contributed by atoms with E-state index >= 15 is 0 Å². The number of benzene rings is 2. The largest absolute Gasteiger partial charge is 0.573 e. The van der Waals surface area contributed by atoms with E-state index in [0.29, 0.717) is 18.1 Å². The molecule has 2 aromatic carbocycles. The van der Waals surface area contributed by atoms with Crippen molar-refractivity contribution in [3.63, 3.8) is 0 Å². The van der Waals surface area contributed by atoms with Crippen molar-refractivity contribution in [2.45, 2.75) is 43.2 Å². The Balaban J connectivity index is 1.66. The third-order valence-corrected chi connectivity index (χ3v) is 5.87. The van der Waals surface area contributed by atoms with Gasteiger partial charge in [0.2, 0.25) is 0 Å². The van der Waals surface area contributed by atoms with E-state index < -0.39 is 23.5 Å². The first-order chi connectivity index (χ1) is 14.3. The Morgan fingerprint density at radius 1 is 1.17 bits per heavy atom. The molecule has 0 aliphatic carbocycles. The molecule has 0 aromatic heterocycles. The van der Waals surface area contributed by atoms with E-state index in [2.05, 4.69) is 10.1 Å². The van der Waals surface area contributed by atoms with Gasteiger partial charge in [0.1, 0.15) is 5.75 Å². The fourth-order valence-corrected chi connectivity index (χ4v) is 4.71. The molecule has 3 atom stereocenters. The average molecular weight is 425 g/mol. The standard InChI is InChI=1S/C22H23F4NO3/c1-28-19-17(10-16(11-18(19)23)30-22(24,25)26)15-12-21(29-13-15)8-5-9-27-20(21)14-6-3-2-4-7-14/h2-4,6-7,10-11,15,20,27H,5,8-9,12-13H2,1H3/t15-,20-,21+/m0/s1. The van der Waals surface area contributed by atoms with Crippen LogP contribution < -0.4 is 14.8 Å². The monoisotopic (exact) mass is 425 g/mol. The van der Waals surface area contributed by atoms with Crippen LogP contribution in [-0.2, 0) is 4.74 Å². The number of hydrogen-bond donors (Lipinski definition) is 1. The van der Waals surface area contributed by atoms with Crippen LogP contribution in [0.2, 0.25) is 0 Å². The predicted molar refractivity (Wildman–Crippen MR) is 102 cm³/mol. The summed E-state index contributed by atoms with van der Waals surface area (Å²) in [5, 5.41) is 3.52. The fraction of sp³-hybridized carbons (Fsp3) is 0.455. The highest BCUT2D eigenvalue weighted by Crippen LogP contribution is 2.50. The van der Waals surface area contributed by atoms with Gasteiger partial charge in [-0.3, -0.25) is 0 Å². The molecule has 2 aliphatic rings. The van der Waals surface area contributed by atoms with Crippen LogP contribution in [0.4, 0.5) is 17.6 Å². The summed E-state index contributed by atoms with van der Waals surface area (Å²) in [6.45, 7) is 1.11. The van der Waals surface area contributed by atoms with Gasteiger partial charge in [0.15, 0.2) is 11.6 Å². The fourth-order valence-electron chi connectivity index (χ4n) is 4.71. The van der Waals surface area contributed by atoms with Crippen LogP contribution >= 0.6 is 0 Å². The lowest BCUT2D eigenvalue weighted by Crippen LogP contribution is -2.48. The average Bonchev–Trinajstić information content (AvgIpc) is 3.11. The van der Waals surface area contributed by atoms with Crippen LogP contribution in [0.1, 0.15) is 42.3 Å². The maximum Gasteiger partial charge on any atom is 0.573 e. The molecule has 4 rings (SSSR count). The van der Waals surface area contributed by atoms with Crippen molar-refractivity contribution in [2.75, 3.05) is 20.3 Å². The second kappa shape index (κ2) is 8.07. The zero-order valence-electron chi connectivity index (χ0n) is 16.5. The lowest BCUT2D eigenvalue weighted by atomic mass is 9.77. The maximum atomic E-state index is 14.5. The highest BCUT2D eigenvalue weighted by atomic mass is 19.4.